The molecule has 3 rings (SSSR count). The van der Waals surface area contributed by atoms with E-state index in [1.165, 1.54) is 10.8 Å². The second-order valence-corrected chi connectivity index (χ2v) is 6.33. The fraction of sp³-hybridized carbons (Fsp3) is 0.300. The van der Waals surface area contributed by atoms with E-state index in [0.29, 0.717) is 17.8 Å². The van der Waals surface area contributed by atoms with Crippen molar-refractivity contribution in [3.8, 4) is 5.75 Å². The lowest BCUT2D eigenvalue weighted by atomic mass is 10.2. The zero-order valence-electron chi connectivity index (χ0n) is 15.8. The van der Waals surface area contributed by atoms with Gasteiger partial charge in [-0.15, -0.1) is 0 Å². The van der Waals surface area contributed by atoms with Crippen LogP contribution in [-0.2, 0) is 17.9 Å². The molecule has 8 heteroatoms. The molecule has 146 valence electrons. The highest BCUT2D eigenvalue weighted by molar-refractivity contribution is 5.79. The zero-order chi connectivity index (χ0) is 20.1. The zero-order valence-corrected chi connectivity index (χ0v) is 15.8. The first-order valence-electron chi connectivity index (χ1n) is 9.03. The lowest BCUT2D eigenvalue weighted by Crippen LogP contribution is -2.43. The van der Waals surface area contributed by atoms with Gasteiger partial charge in [-0.3, -0.25) is 18.7 Å². The van der Waals surface area contributed by atoms with Crippen molar-refractivity contribution >= 4 is 16.9 Å². The molecule has 2 aromatic heterocycles. The Kier molecular flexibility index (Phi) is 5.88. The third kappa shape index (κ3) is 3.95. The highest BCUT2D eigenvalue weighted by Gasteiger charge is 2.16. The van der Waals surface area contributed by atoms with Gasteiger partial charge in [-0.05, 0) is 36.2 Å². The summed E-state index contributed by atoms with van der Waals surface area (Å²) < 4.78 is 7.52. The highest BCUT2D eigenvalue weighted by Crippen LogP contribution is 2.12. The summed E-state index contributed by atoms with van der Waals surface area (Å²) in [6.45, 7) is 2.37. The van der Waals surface area contributed by atoms with Crippen molar-refractivity contribution in [3.05, 3.63) is 69.0 Å². The van der Waals surface area contributed by atoms with Gasteiger partial charge < -0.3 is 10.1 Å². The van der Waals surface area contributed by atoms with E-state index in [9.17, 15) is 14.4 Å². The second-order valence-electron chi connectivity index (χ2n) is 6.33. The van der Waals surface area contributed by atoms with Gasteiger partial charge in [0.1, 0.15) is 12.3 Å². The fourth-order valence-electron chi connectivity index (χ4n) is 2.91. The number of fused-ring (bicyclic) bond motifs is 1. The standard InChI is InChI=1S/C20H22N4O4/c1-3-10-21-17(25)13-23-16-5-4-11-22-18(16)19(26)24(20(23)27)12-14-6-8-15(28-2)9-7-14/h4-9,11H,3,10,12-13H2,1-2H3,(H,21,25). The molecule has 3 aromatic rings. The Morgan fingerprint density at radius 1 is 1.14 bits per heavy atom. The van der Waals surface area contributed by atoms with Crippen LogP contribution in [0.15, 0.2) is 52.2 Å². The van der Waals surface area contributed by atoms with E-state index < -0.39 is 11.2 Å². The number of hydrogen-bond donors (Lipinski definition) is 1. The second kappa shape index (κ2) is 8.51. The minimum Gasteiger partial charge on any atom is -0.497 e. The molecule has 0 atom stereocenters. The molecule has 1 N–H and O–H groups in total. The number of carbonyl (C=O) groups is 1. The van der Waals surface area contributed by atoms with Crippen LogP contribution in [0.2, 0.25) is 0 Å². The van der Waals surface area contributed by atoms with Gasteiger partial charge in [-0.1, -0.05) is 19.1 Å². The fourth-order valence-corrected chi connectivity index (χ4v) is 2.91. The van der Waals surface area contributed by atoms with Crippen molar-refractivity contribution in [2.45, 2.75) is 26.4 Å². The molecule has 0 spiro atoms. The number of methoxy groups -OCH3 is 1. The van der Waals surface area contributed by atoms with Gasteiger partial charge >= 0.3 is 5.69 Å². The van der Waals surface area contributed by atoms with E-state index in [1.54, 1.807) is 43.5 Å². The van der Waals surface area contributed by atoms with E-state index >= 15 is 0 Å². The van der Waals surface area contributed by atoms with Crippen LogP contribution in [0.25, 0.3) is 11.0 Å². The van der Waals surface area contributed by atoms with Gasteiger partial charge in [-0.2, -0.15) is 0 Å². The maximum Gasteiger partial charge on any atom is 0.332 e. The summed E-state index contributed by atoms with van der Waals surface area (Å²) in [5.74, 6) is 0.394. The van der Waals surface area contributed by atoms with Crippen LogP contribution in [0, 0.1) is 0 Å². The maximum absolute atomic E-state index is 13.0. The minimum absolute atomic E-state index is 0.0742. The van der Waals surface area contributed by atoms with Crippen molar-refractivity contribution < 1.29 is 9.53 Å². The van der Waals surface area contributed by atoms with E-state index in [-0.39, 0.29) is 24.5 Å². The van der Waals surface area contributed by atoms with Crippen molar-refractivity contribution in [1.82, 2.24) is 19.4 Å². The van der Waals surface area contributed by atoms with Crippen LogP contribution in [0.1, 0.15) is 18.9 Å². The molecule has 0 saturated carbocycles. The maximum atomic E-state index is 13.0. The van der Waals surface area contributed by atoms with Crippen molar-refractivity contribution in [2.24, 2.45) is 0 Å². The minimum atomic E-state index is -0.548. The first-order chi connectivity index (χ1) is 13.5. The predicted molar refractivity (Wildman–Crippen MR) is 106 cm³/mol. The van der Waals surface area contributed by atoms with Gasteiger partial charge in [0.05, 0.1) is 19.2 Å². The smallest absolute Gasteiger partial charge is 0.332 e. The Bertz CT molecular complexity index is 1100. The van der Waals surface area contributed by atoms with Crippen LogP contribution in [0.5, 0.6) is 5.75 Å². The molecule has 0 aliphatic rings. The molecular formula is C20H22N4O4. The largest absolute Gasteiger partial charge is 0.497 e. The highest BCUT2D eigenvalue weighted by atomic mass is 16.5. The quantitative estimate of drug-likeness (QED) is 0.661. The van der Waals surface area contributed by atoms with E-state index in [1.807, 2.05) is 6.92 Å². The third-order valence-electron chi connectivity index (χ3n) is 4.36. The van der Waals surface area contributed by atoms with Gasteiger partial charge in [0.25, 0.3) is 5.56 Å². The van der Waals surface area contributed by atoms with Gasteiger partial charge in [0, 0.05) is 12.7 Å². The average Bonchev–Trinajstić information content (AvgIpc) is 2.73. The summed E-state index contributed by atoms with van der Waals surface area (Å²) in [6, 6.07) is 10.3. The Labute approximate surface area is 161 Å². The number of pyridine rings is 1. The van der Waals surface area contributed by atoms with Crippen LogP contribution in [-0.4, -0.2) is 33.7 Å². The number of benzene rings is 1. The molecule has 1 aromatic carbocycles. The number of hydrogen-bond acceptors (Lipinski definition) is 5. The first kappa shape index (κ1) is 19.3. The van der Waals surface area contributed by atoms with Crippen molar-refractivity contribution in [3.63, 3.8) is 0 Å². The number of carbonyl (C=O) groups excluding carboxylic acids is 1. The molecule has 28 heavy (non-hydrogen) atoms. The molecule has 0 radical (unpaired) electrons. The van der Waals surface area contributed by atoms with Crippen LogP contribution < -0.4 is 21.3 Å². The lowest BCUT2D eigenvalue weighted by Gasteiger charge is -2.14. The summed E-state index contributed by atoms with van der Waals surface area (Å²) >= 11 is 0. The summed E-state index contributed by atoms with van der Waals surface area (Å²) in [7, 11) is 1.57. The number of amides is 1. The summed E-state index contributed by atoms with van der Waals surface area (Å²) in [4.78, 5) is 42.2. The average molecular weight is 382 g/mol. The lowest BCUT2D eigenvalue weighted by molar-refractivity contribution is -0.121. The normalized spacial score (nSPS) is 10.8. The molecule has 0 aliphatic heterocycles. The number of aromatic nitrogens is 3. The predicted octanol–water partition coefficient (Wildman–Crippen LogP) is 1.14. The Balaban J connectivity index is 2.08. The monoisotopic (exact) mass is 382 g/mol. The molecule has 1 amide bonds. The van der Waals surface area contributed by atoms with Gasteiger partial charge in [0.15, 0.2) is 5.52 Å². The van der Waals surface area contributed by atoms with E-state index in [4.69, 9.17) is 4.74 Å². The Hall–Kier alpha value is -3.42. The van der Waals surface area contributed by atoms with Gasteiger partial charge in [0.2, 0.25) is 5.91 Å². The van der Waals surface area contributed by atoms with Crippen molar-refractivity contribution in [1.29, 1.82) is 0 Å². The molecule has 8 nitrogen and oxygen atoms in total. The topological polar surface area (TPSA) is 95.2 Å². The van der Waals surface area contributed by atoms with Crippen LogP contribution >= 0.6 is 0 Å². The van der Waals surface area contributed by atoms with Crippen LogP contribution in [0.3, 0.4) is 0 Å². The van der Waals surface area contributed by atoms with Gasteiger partial charge in [-0.25, -0.2) is 9.78 Å². The molecule has 0 bridgehead atoms. The summed E-state index contributed by atoms with van der Waals surface area (Å²) in [5.41, 5.74) is 0.223. The molecule has 0 aliphatic carbocycles. The number of nitrogens with one attached hydrogen (secondary N) is 1. The number of rotatable bonds is 7. The Morgan fingerprint density at radius 3 is 2.57 bits per heavy atom. The first-order valence-corrected chi connectivity index (χ1v) is 9.03. The van der Waals surface area contributed by atoms with E-state index in [0.717, 1.165) is 16.6 Å². The molecular weight excluding hydrogens is 360 g/mol. The molecule has 2 heterocycles. The molecule has 0 saturated heterocycles. The van der Waals surface area contributed by atoms with E-state index in [2.05, 4.69) is 10.3 Å². The van der Waals surface area contributed by atoms with Crippen molar-refractivity contribution in [2.75, 3.05) is 13.7 Å². The molecule has 0 unspecified atom stereocenters. The number of ether oxygens (including phenoxy) is 1. The van der Waals surface area contributed by atoms with Crippen LogP contribution in [0.4, 0.5) is 0 Å². The summed E-state index contributed by atoms with van der Waals surface area (Å²) in [6.07, 6.45) is 2.29. The third-order valence-corrected chi connectivity index (χ3v) is 4.36. The molecule has 0 fully saturated rings. The Morgan fingerprint density at radius 2 is 1.89 bits per heavy atom. The SMILES string of the molecule is CCCNC(=O)Cn1c(=O)n(Cc2ccc(OC)cc2)c(=O)c2ncccc21. The summed E-state index contributed by atoms with van der Waals surface area (Å²) in [5, 5.41) is 2.75. The number of nitrogens with zero attached hydrogens (tertiary/aromatic N) is 3.